The molecule has 0 aliphatic carbocycles. The second-order valence-electron chi connectivity index (χ2n) is 9.43. The Balaban J connectivity index is 1.51. The van der Waals surface area contributed by atoms with Gasteiger partial charge in [0.15, 0.2) is 34.4 Å². The van der Waals surface area contributed by atoms with Gasteiger partial charge in [-0.15, -0.1) is 0 Å². The van der Waals surface area contributed by atoms with Gasteiger partial charge in [0, 0.05) is 13.6 Å². The fraction of sp³-hybridized carbons (Fsp3) is 0.500. The molecule has 1 fully saturated rings. The molecule has 0 radical (unpaired) electrons. The molecule has 1 aliphatic rings. The average molecular weight is 567 g/mol. The fourth-order valence-electron chi connectivity index (χ4n) is 4.38. The molecule has 1 saturated heterocycles. The number of phosphoric ester groups is 1. The molecule has 4 atom stereocenters. The number of aromatic nitrogens is 8. The van der Waals surface area contributed by atoms with Crippen LogP contribution in [0.15, 0.2) is 28.6 Å². The standard InChI is InChI=1S/C20H26N9O9P/c1-9(2)4-27-17-12(18(32)26(3)20(27)33)24-8-29(17)25-15-11-16(22-6-21-15)28(7-23-11)19-14(31)13(30)10(38-19)5-37-39(34,35)36/h6-10,13-14,19,30-31H,4-5H2,1-3H3,(H,21,22,25)(H2,34,35,36)/t10-,13?,14?,19-/m1/s1. The van der Waals surface area contributed by atoms with Crippen LogP contribution in [-0.4, -0.2) is 83.2 Å². The van der Waals surface area contributed by atoms with Crippen LogP contribution in [0, 0.1) is 5.92 Å². The lowest BCUT2D eigenvalue weighted by atomic mass is 10.1. The number of hydrogen-bond acceptors (Lipinski definition) is 12. The monoisotopic (exact) mass is 567 g/mol. The number of phosphoric acid groups is 1. The molecule has 5 heterocycles. The highest BCUT2D eigenvalue weighted by Crippen LogP contribution is 2.39. The fourth-order valence-corrected chi connectivity index (χ4v) is 4.72. The number of hydrogen-bond donors (Lipinski definition) is 5. The maximum atomic E-state index is 12.9. The zero-order valence-electron chi connectivity index (χ0n) is 20.9. The van der Waals surface area contributed by atoms with E-state index in [1.165, 1.54) is 39.8 Å². The first-order valence-electron chi connectivity index (χ1n) is 11.7. The van der Waals surface area contributed by atoms with Crippen molar-refractivity contribution in [3.05, 3.63) is 39.8 Å². The van der Waals surface area contributed by atoms with Crippen LogP contribution in [0.3, 0.4) is 0 Å². The minimum absolute atomic E-state index is 0.0705. The van der Waals surface area contributed by atoms with Gasteiger partial charge in [-0.1, -0.05) is 13.8 Å². The van der Waals surface area contributed by atoms with Crippen LogP contribution in [-0.2, 0) is 27.4 Å². The van der Waals surface area contributed by atoms with Gasteiger partial charge < -0.3 is 24.7 Å². The minimum atomic E-state index is -4.83. The van der Waals surface area contributed by atoms with Crippen molar-refractivity contribution in [3.63, 3.8) is 0 Å². The van der Waals surface area contributed by atoms with Crippen LogP contribution >= 0.6 is 7.82 Å². The van der Waals surface area contributed by atoms with Crippen molar-refractivity contribution >= 4 is 36.0 Å². The van der Waals surface area contributed by atoms with E-state index in [4.69, 9.17) is 14.5 Å². The summed E-state index contributed by atoms with van der Waals surface area (Å²) in [7, 11) is -3.44. The zero-order valence-corrected chi connectivity index (χ0v) is 21.8. The Bertz CT molecular complexity index is 1700. The molecule has 5 N–H and O–H groups in total. The Morgan fingerprint density at radius 3 is 2.51 bits per heavy atom. The van der Waals surface area contributed by atoms with Crippen LogP contribution in [0.4, 0.5) is 5.82 Å². The number of nitrogens with zero attached hydrogens (tertiary/aromatic N) is 8. The van der Waals surface area contributed by atoms with E-state index in [9.17, 15) is 24.4 Å². The highest BCUT2D eigenvalue weighted by Gasteiger charge is 2.45. The topological polar surface area (TPSA) is 234 Å². The molecule has 5 rings (SSSR count). The number of anilines is 1. The molecule has 0 amide bonds. The molecule has 4 aromatic rings. The molecule has 0 saturated carbocycles. The van der Waals surface area contributed by atoms with Crippen molar-refractivity contribution in [3.8, 4) is 0 Å². The first kappa shape index (κ1) is 27.1. The van der Waals surface area contributed by atoms with E-state index in [2.05, 4.69) is 29.9 Å². The van der Waals surface area contributed by atoms with Gasteiger partial charge >= 0.3 is 13.5 Å². The Kier molecular flexibility index (Phi) is 6.88. The molecule has 210 valence electrons. The van der Waals surface area contributed by atoms with E-state index >= 15 is 0 Å². The lowest BCUT2D eigenvalue weighted by molar-refractivity contribution is -0.0504. The van der Waals surface area contributed by atoms with Crippen molar-refractivity contribution in [2.24, 2.45) is 13.0 Å². The maximum absolute atomic E-state index is 12.9. The van der Waals surface area contributed by atoms with E-state index < -0.39 is 50.2 Å². The first-order chi connectivity index (χ1) is 18.4. The van der Waals surface area contributed by atoms with E-state index in [-0.39, 0.29) is 34.1 Å². The number of aliphatic hydroxyl groups is 2. The van der Waals surface area contributed by atoms with E-state index in [0.717, 1.165) is 4.57 Å². The Morgan fingerprint density at radius 2 is 1.82 bits per heavy atom. The van der Waals surface area contributed by atoms with Gasteiger partial charge in [0.2, 0.25) is 0 Å². The summed E-state index contributed by atoms with van der Waals surface area (Å²) in [5.74, 6) is 0.244. The maximum Gasteiger partial charge on any atom is 0.469 e. The molecular formula is C20H26N9O9P. The van der Waals surface area contributed by atoms with Crippen LogP contribution < -0.4 is 16.7 Å². The van der Waals surface area contributed by atoms with Gasteiger partial charge in [0.25, 0.3) is 5.56 Å². The number of aliphatic hydroxyl groups excluding tert-OH is 2. The Hall–Kier alpha value is -3.51. The van der Waals surface area contributed by atoms with E-state index in [1.807, 2.05) is 13.8 Å². The smallest absolute Gasteiger partial charge is 0.387 e. The van der Waals surface area contributed by atoms with Crippen LogP contribution in [0.5, 0.6) is 0 Å². The van der Waals surface area contributed by atoms with Crippen LogP contribution in [0.25, 0.3) is 22.3 Å². The lowest BCUT2D eigenvalue weighted by Gasteiger charge is -2.17. The predicted octanol–water partition coefficient (Wildman–Crippen LogP) is -1.70. The number of rotatable bonds is 8. The molecule has 19 heteroatoms. The summed E-state index contributed by atoms with van der Waals surface area (Å²) in [6, 6.07) is 0. The summed E-state index contributed by atoms with van der Waals surface area (Å²) >= 11 is 0. The van der Waals surface area contributed by atoms with E-state index in [0.29, 0.717) is 6.54 Å². The summed E-state index contributed by atoms with van der Waals surface area (Å²) in [6.45, 7) is 3.50. The van der Waals surface area contributed by atoms with Gasteiger partial charge in [-0.3, -0.25) is 28.4 Å². The number of imidazole rings is 2. The van der Waals surface area contributed by atoms with Crippen LogP contribution in [0.2, 0.25) is 0 Å². The Labute approximate surface area is 218 Å². The molecular weight excluding hydrogens is 541 g/mol. The third-order valence-electron chi connectivity index (χ3n) is 6.17. The lowest BCUT2D eigenvalue weighted by Crippen LogP contribution is -2.39. The molecule has 4 aromatic heterocycles. The largest absolute Gasteiger partial charge is 0.469 e. The molecule has 0 aromatic carbocycles. The first-order valence-corrected chi connectivity index (χ1v) is 13.2. The predicted molar refractivity (Wildman–Crippen MR) is 132 cm³/mol. The third-order valence-corrected chi connectivity index (χ3v) is 6.66. The molecule has 39 heavy (non-hydrogen) atoms. The second kappa shape index (κ2) is 9.91. The van der Waals surface area contributed by atoms with E-state index in [1.54, 1.807) is 0 Å². The van der Waals surface area contributed by atoms with Gasteiger partial charge in [-0.25, -0.2) is 34.0 Å². The normalized spacial score (nSPS) is 21.9. The molecule has 0 bridgehead atoms. The molecule has 18 nitrogen and oxygen atoms in total. The van der Waals surface area contributed by atoms with Gasteiger partial charge in [0.05, 0.1) is 12.9 Å². The quantitative estimate of drug-likeness (QED) is 0.149. The van der Waals surface area contributed by atoms with Gasteiger partial charge in [0.1, 0.15) is 31.0 Å². The van der Waals surface area contributed by atoms with Crippen molar-refractivity contribution in [2.75, 3.05) is 12.0 Å². The van der Waals surface area contributed by atoms with Crippen molar-refractivity contribution in [1.29, 1.82) is 0 Å². The van der Waals surface area contributed by atoms with Crippen molar-refractivity contribution in [1.82, 2.24) is 38.3 Å². The summed E-state index contributed by atoms with van der Waals surface area (Å²) in [5, 5.41) is 20.9. The summed E-state index contributed by atoms with van der Waals surface area (Å²) in [4.78, 5) is 60.3. The third kappa shape index (κ3) is 4.87. The highest BCUT2D eigenvalue weighted by atomic mass is 31.2. The summed E-state index contributed by atoms with van der Waals surface area (Å²) < 4.78 is 26.2. The zero-order chi connectivity index (χ0) is 28.2. The summed E-state index contributed by atoms with van der Waals surface area (Å²) in [5.41, 5.74) is 2.61. The Morgan fingerprint density at radius 1 is 1.10 bits per heavy atom. The minimum Gasteiger partial charge on any atom is -0.387 e. The second-order valence-corrected chi connectivity index (χ2v) is 10.7. The molecule has 1 aliphatic heterocycles. The van der Waals surface area contributed by atoms with Gasteiger partial charge in [-0.2, -0.15) is 0 Å². The van der Waals surface area contributed by atoms with Crippen molar-refractivity contribution in [2.45, 2.75) is 44.9 Å². The number of ether oxygens (including phenoxy) is 1. The highest BCUT2D eigenvalue weighted by molar-refractivity contribution is 7.46. The van der Waals surface area contributed by atoms with Crippen LogP contribution in [0.1, 0.15) is 20.1 Å². The van der Waals surface area contributed by atoms with Gasteiger partial charge in [-0.05, 0) is 5.92 Å². The molecule has 0 spiro atoms. The summed E-state index contributed by atoms with van der Waals surface area (Å²) in [6.07, 6.45) is -1.66. The number of fused-ring (bicyclic) bond motifs is 2. The molecule has 2 unspecified atom stereocenters. The van der Waals surface area contributed by atoms with Crippen molar-refractivity contribution < 1.29 is 33.8 Å². The SMILES string of the molecule is CC(C)Cn1c(=O)n(C)c(=O)c2ncn(Nc3ncnc4c3ncn4[C@@H]3O[C@H](COP(=O)(O)O)C(O)C3O)c21. The number of nitrogens with one attached hydrogen (secondary N) is 1. The average Bonchev–Trinajstić information content (AvgIpc) is 3.56.